The fourth-order valence-electron chi connectivity index (χ4n) is 2.41. The Morgan fingerprint density at radius 2 is 1.29 bits per heavy atom. The number of aliphatic hydroxyl groups excluding tert-OH is 2. The number of rotatable bonds is 23. The van der Waals surface area contributed by atoms with Crippen LogP contribution >= 0.6 is 0 Å². The Balaban J connectivity index is 2.20. The van der Waals surface area contributed by atoms with E-state index in [-0.39, 0.29) is 66.0 Å². The molecule has 0 aliphatic carbocycles. The van der Waals surface area contributed by atoms with Crippen molar-refractivity contribution in [3.63, 3.8) is 0 Å². The van der Waals surface area contributed by atoms with Gasteiger partial charge in [0.2, 0.25) is 0 Å². The van der Waals surface area contributed by atoms with E-state index in [0.29, 0.717) is 39.6 Å². The van der Waals surface area contributed by atoms with Crippen LogP contribution in [0.2, 0.25) is 0 Å². The summed E-state index contributed by atoms with van der Waals surface area (Å²) in [5.41, 5.74) is 0. The molecule has 14 nitrogen and oxygen atoms in total. The zero-order valence-corrected chi connectivity index (χ0v) is 19.4. The Kier molecular flexibility index (Phi) is 19.3. The van der Waals surface area contributed by atoms with E-state index in [1.165, 1.54) is 0 Å². The number of aliphatic hydroxyl groups is 2. The lowest BCUT2D eigenvalue weighted by atomic mass is 10.4. The average molecular weight is 500 g/mol. The minimum atomic E-state index is -0.935. The SMILES string of the molecule is O=C1NC[C@@H](COC(=O)OC(COCCOCCOCCO)COCCOCCOCCO)O1. The number of alkyl carbamates (subject to hydrolysis) is 1. The van der Waals surface area contributed by atoms with Crippen molar-refractivity contribution in [1.82, 2.24) is 5.32 Å². The Morgan fingerprint density at radius 1 is 0.824 bits per heavy atom. The van der Waals surface area contributed by atoms with Gasteiger partial charge in [0.1, 0.15) is 6.61 Å². The third kappa shape index (κ3) is 17.7. The van der Waals surface area contributed by atoms with E-state index < -0.39 is 24.5 Å². The molecule has 0 saturated carbocycles. The van der Waals surface area contributed by atoms with Gasteiger partial charge in [-0.2, -0.15) is 0 Å². The molecule has 1 aliphatic rings. The van der Waals surface area contributed by atoms with Gasteiger partial charge < -0.3 is 58.2 Å². The molecule has 1 aliphatic heterocycles. The van der Waals surface area contributed by atoms with Gasteiger partial charge in [0.05, 0.1) is 99.0 Å². The van der Waals surface area contributed by atoms with Crippen molar-refractivity contribution in [3.05, 3.63) is 0 Å². The lowest BCUT2D eigenvalue weighted by Crippen LogP contribution is -2.31. The first-order valence-electron chi connectivity index (χ1n) is 11.1. The maximum absolute atomic E-state index is 12.0. The van der Waals surface area contributed by atoms with E-state index >= 15 is 0 Å². The van der Waals surface area contributed by atoms with Crippen LogP contribution in [0.25, 0.3) is 0 Å². The molecule has 1 amide bonds. The van der Waals surface area contributed by atoms with Crippen molar-refractivity contribution < 1.29 is 62.4 Å². The van der Waals surface area contributed by atoms with Gasteiger partial charge in [-0.1, -0.05) is 0 Å². The zero-order chi connectivity index (χ0) is 24.7. The van der Waals surface area contributed by atoms with Crippen molar-refractivity contribution in [2.45, 2.75) is 12.2 Å². The van der Waals surface area contributed by atoms with E-state index in [0.717, 1.165) is 0 Å². The lowest BCUT2D eigenvalue weighted by Gasteiger charge is -2.18. The summed E-state index contributed by atoms with van der Waals surface area (Å²) in [5, 5.41) is 19.7. The first kappa shape index (κ1) is 30.3. The number of hydrogen-bond acceptors (Lipinski definition) is 13. The van der Waals surface area contributed by atoms with Crippen LogP contribution < -0.4 is 5.32 Å². The summed E-state index contributed by atoms with van der Waals surface area (Å²) in [5.74, 6) is 0. The van der Waals surface area contributed by atoms with Crippen molar-refractivity contribution in [3.8, 4) is 0 Å². The lowest BCUT2D eigenvalue weighted by molar-refractivity contribution is -0.0703. The molecule has 3 N–H and O–H groups in total. The predicted molar refractivity (Wildman–Crippen MR) is 114 cm³/mol. The van der Waals surface area contributed by atoms with Crippen LogP contribution in [0.4, 0.5) is 9.59 Å². The van der Waals surface area contributed by atoms with Crippen LogP contribution in [0.5, 0.6) is 0 Å². The third-order valence-corrected chi connectivity index (χ3v) is 3.96. The van der Waals surface area contributed by atoms with E-state index in [1.54, 1.807) is 0 Å². The van der Waals surface area contributed by atoms with Gasteiger partial charge in [-0.05, 0) is 0 Å². The highest BCUT2D eigenvalue weighted by atomic mass is 16.7. The molecule has 0 aromatic carbocycles. The molecule has 1 saturated heterocycles. The second kappa shape index (κ2) is 21.7. The molecular weight excluding hydrogens is 462 g/mol. The van der Waals surface area contributed by atoms with Crippen molar-refractivity contribution in [2.24, 2.45) is 0 Å². The molecule has 1 fully saturated rings. The van der Waals surface area contributed by atoms with Gasteiger partial charge in [-0.3, -0.25) is 0 Å². The summed E-state index contributed by atoms with van der Waals surface area (Å²) < 4.78 is 46.9. The Labute approximate surface area is 198 Å². The largest absolute Gasteiger partial charge is 0.508 e. The molecule has 0 bridgehead atoms. The summed E-state index contributed by atoms with van der Waals surface area (Å²) in [6.07, 6.45) is -2.80. The summed E-state index contributed by atoms with van der Waals surface area (Å²) >= 11 is 0. The van der Waals surface area contributed by atoms with Crippen LogP contribution in [0.15, 0.2) is 0 Å². The number of cyclic esters (lactones) is 1. The quantitative estimate of drug-likeness (QED) is 0.112. The molecule has 1 rings (SSSR count). The van der Waals surface area contributed by atoms with Gasteiger partial charge in [0, 0.05) is 0 Å². The molecule has 0 unspecified atom stereocenters. The maximum Gasteiger partial charge on any atom is 0.508 e. The van der Waals surface area contributed by atoms with E-state index in [1.807, 2.05) is 0 Å². The smallest absolute Gasteiger partial charge is 0.441 e. The number of nitrogens with one attached hydrogen (secondary N) is 1. The number of carbonyl (C=O) groups is 2. The number of hydrogen-bond donors (Lipinski definition) is 3. The Bertz CT molecular complexity index is 489. The van der Waals surface area contributed by atoms with E-state index in [9.17, 15) is 9.59 Å². The molecule has 0 aromatic heterocycles. The van der Waals surface area contributed by atoms with Crippen molar-refractivity contribution >= 4 is 12.2 Å². The van der Waals surface area contributed by atoms with Crippen molar-refractivity contribution in [1.29, 1.82) is 0 Å². The summed E-state index contributed by atoms with van der Waals surface area (Å²) in [7, 11) is 0. The highest BCUT2D eigenvalue weighted by Gasteiger charge is 2.25. The molecule has 1 heterocycles. The molecule has 14 heteroatoms. The molecular formula is C20H37NO13. The van der Waals surface area contributed by atoms with Gasteiger partial charge in [0.25, 0.3) is 0 Å². The Hall–Kier alpha value is -1.78. The zero-order valence-electron chi connectivity index (χ0n) is 19.4. The van der Waals surface area contributed by atoms with Gasteiger partial charge in [-0.15, -0.1) is 0 Å². The first-order chi connectivity index (χ1) is 16.7. The summed E-state index contributed by atoms with van der Waals surface area (Å²) in [4.78, 5) is 23.0. The normalized spacial score (nSPS) is 15.4. The first-order valence-corrected chi connectivity index (χ1v) is 11.1. The van der Waals surface area contributed by atoms with E-state index in [2.05, 4.69) is 5.32 Å². The van der Waals surface area contributed by atoms with Crippen LogP contribution in [0.1, 0.15) is 0 Å². The number of carbonyl (C=O) groups excluding carboxylic acids is 2. The summed E-state index contributed by atoms with van der Waals surface area (Å²) in [6.45, 7) is 3.27. The molecule has 0 radical (unpaired) electrons. The third-order valence-electron chi connectivity index (χ3n) is 3.96. The molecule has 0 spiro atoms. The number of ether oxygens (including phenoxy) is 9. The average Bonchev–Trinajstić information content (AvgIpc) is 3.25. The molecule has 200 valence electrons. The monoisotopic (exact) mass is 499 g/mol. The topological polar surface area (TPSA) is 170 Å². The van der Waals surface area contributed by atoms with Crippen LogP contribution in [-0.4, -0.2) is 140 Å². The standard InChI is InChI=1S/C20H37NO13/c22-1-3-26-5-7-28-9-11-30-14-18(15-31-12-10-29-8-6-27-4-2-23)34-20(25)32-16-17-13-21-19(24)33-17/h17-18,22-23H,1-16H2,(H,21,24)/t17-/m0/s1. The van der Waals surface area contributed by atoms with Gasteiger partial charge in [-0.25, -0.2) is 9.59 Å². The highest BCUT2D eigenvalue weighted by Crippen LogP contribution is 2.04. The van der Waals surface area contributed by atoms with Gasteiger partial charge in [0.15, 0.2) is 12.2 Å². The molecule has 1 atom stereocenters. The molecule has 34 heavy (non-hydrogen) atoms. The predicted octanol–water partition coefficient (Wildman–Crippen LogP) is -1.30. The summed E-state index contributed by atoms with van der Waals surface area (Å²) in [6, 6.07) is 0. The second-order valence-electron chi connectivity index (χ2n) is 6.76. The highest BCUT2D eigenvalue weighted by molar-refractivity contribution is 5.69. The number of amides is 1. The minimum absolute atomic E-state index is 0.0388. The maximum atomic E-state index is 12.0. The van der Waals surface area contributed by atoms with Crippen molar-refractivity contribution in [2.75, 3.05) is 106 Å². The van der Waals surface area contributed by atoms with E-state index in [4.69, 9.17) is 52.8 Å². The van der Waals surface area contributed by atoms with Crippen LogP contribution in [-0.2, 0) is 42.6 Å². The fraction of sp³-hybridized carbons (Fsp3) is 0.900. The van der Waals surface area contributed by atoms with Crippen LogP contribution in [0, 0.1) is 0 Å². The Morgan fingerprint density at radius 3 is 1.74 bits per heavy atom. The molecule has 0 aromatic rings. The van der Waals surface area contributed by atoms with Gasteiger partial charge >= 0.3 is 12.2 Å². The van der Waals surface area contributed by atoms with Crippen LogP contribution in [0.3, 0.4) is 0 Å². The minimum Gasteiger partial charge on any atom is -0.441 e. The second-order valence-corrected chi connectivity index (χ2v) is 6.76. The fourth-order valence-corrected chi connectivity index (χ4v) is 2.41.